The van der Waals surface area contributed by atoms with E-state index in [1.54, 1.807) is 7.11 Å². The maximum Gasteiger partial charge on any atom is 0.209 e. The lowest BCUT2D eigenvalue weighted by molar-refractivity contribution is 0.419. The van der Waals surface area contributed by atoms with E-state index in [9.17, 15) is 8.42 Å². The summed E-state index contributed by atoms with van der Waals surface area (Å²) < 4.78 is 33.6. The first kappa shape index (κ1) is 13.4. The highest BCUT2D eigenvalue weighted by Crippen LogP contribution is 2.25. The Balaban J connectivity index is 1.72. The molecule has 0 amide bonds. The number of fused-ring (bicyclic) bond motifs is 1. The van der Waals surface area contributed by atoms with E-state index in [2.05, 4.69) is 10.3 Å². The zero-order valence-electron chi connectivity index (χ0n) is 11.1. The van der Waals surface area contributed by atoms with Crippen molar-refractivity contribution in [2.24, 2.45) is 0 Å². The quantitative estimate of drug-likeness (QED) is 0.910. The monoisotopic (exact) mass is 296 g/mol. The topological polar surface area (TPSA) is 81.4 Å². The van der Waals surface area contributed by atoms with E-state index in [0.717, 1.165) is 0 Å². The average Bonchev–Trinajstić information content (AvgIpc) is 2.98. The molecule has 0 saturated carbocycles. The van der Waals surface area contributed by atoms with Crippen LogP contribution in [0.4, 0.5) is 0 Å². The number of ether oxygens (including phenoxy) is 1. The van der Waals surface area contributed by atoms with Crippen LogP contribution in [0.15, 0.2) is 22.6 Å². The number of nitrogens with one attached hydrogen (secondary N) is 1. The first-order valence-corrected chi connectivity index (χ1v) is 8.26. The minimum Gasteiger partial charge on any atom is -0.494 e. The Labute approximate surface area is 117 Å². The van der Waals surface area contributed by atoms with Crippen LogP contribution in [0.5, 0.6) is 5.75 Å². The van der Waals surface area contributed by atoms with Gasteiger partial charge in [0.2, 0.25) is 5.89 Å². The maximum absolute atomic E-state index is 11.4. The molecule has 1 N–H and O–H groups in total. The van der Waals surface area contributed by atoms with Gasteiger partial charge in [-0.2, -0.15) is 0 Å². The van der Waals surface area contributed by atoms with Crippen LogP contribution in [0.1, 0.15) is 12.3 Å². The summed E-state index contributed by atoms with van der Waals surface area (Å²) >= 11 is 0. The molecule has 1 aromatic carbocycles. The number of nitrogens with zero attached hydrogens (tertiary/aromatic N) is 1. The molecule has 20 heavy (non-hydrogen) atoms. The molecule has 1 aromatic heterocycles. The lowest BCUT2D eigenvalue weighted by Gasteiger charge is -2.07. The zero-order chi connectivity index (χ0) is 14.2. The molecular formula is C13H16N2O4S. The number of methoxy groups -OCH3 is 1. The highest BCUT2D eigenvalue weighted by molar-refractivity contribution is 7.91. The Bertz CT molecular complexity index is 723. The summed E-state index contributed by atoms with van der Waals surface area (Å²) in [5, 5.41) is 3.18. The van der Waals surface area contributed by atoms with Crippen LogP contribution in [0, 0.1) is 0 Å². The van der Waals surface area contributed by atoms with Gasteiger partial charge in [-0.3, -0.25) is 0 Å². The van der Waals surface area contributed by atoms with Gasteiger partial charge in [-0.1, -0.05) is 6.07 Å². The molecule has 7 heteroatoms. The molecule has 6 nitrogen and oxygen atoms in total. The summed E-state index contributed by atoms with van der Waals surface area (Å²) in [5.74, 6) is 1.65. The minimum atomic E-state index is -2.87. The van der Waals surface area contributed by atoms with E-state index in [-0.39, 0.29) is 17.5 Å². The molecule has 1 aliphatic heterocycles. The van der Waals surface area contributed by atoms with Crippen molar-refractivity contribution in [2.75, 3.05) is 18.6 Å². The van der Waals surface area contributed by atoms with Gasteiger partial charge in [0, 0.05) is 6.04 Å². The third-order valence-corrected chi connectivity index (χ3v) is 5.19. The van der Waals surface area contributed by atoms with Gasteiger partial charge in [0.1, 0.15) is 5.75 Å². The Morgan fingerprint density at radius 2 is 2.35 bits per heavy atom. The molecule has 0 aliphatic carbocycles. The molecule has 1 aliphatic rings. The first-order valence-electron chi connectivity index (χ1n) is 6.43. The Hall–Kier alpha value is -1.60. The fourth-order valence-corrected chi connectivity index (χ4v) is 4.11. The molecular weight excluding hydrogens is 280 g/mol. The summed E-state index contributed by atoms with van der Waals surface area (Å²) in [6.07, 6.45) is 0.645. The van der Waals surface area contributed by atoms with Crippen molar-refractivity contribution in [2.45, 2.75) is 19.0 Å². The van der Waals surface area contributed by atoms with E-state index in [1.165, 1.54) is 0 Å². The normalized spacial score (nSPS) is 21.4. The predicted octanol–water partition coefficient (Wildman–Crippen LogP) is 1.11. The average molecular weight is 296 g/mol. The van der Waals surface area contributed by atoms with Gasteiger partial charge in [0.15, 0.2) is 20.9 Å². The van der Waals surface area contributed by atoms with Crippen molar-refractivity contribution in [3.63, 3.8) is 0 Å². The van der Waals surface area contributed by atoms with Crippen LogP contribution < -0.4 is 10.1 Å². The van der Waals surface area contributed by atoms with Gasteiger partial charge in [0.25, 0.3) is 0 Å². The lowest BCUT2D eigenvalue weighted by atomic mass is 10.3. The summed E-state index contributed by atoms with van der Waals surface area (Å²) in [6.45, 7) is 0.415. The number of hydrogen-bond donors (Lipinski definition) is 1. The van der Waals surface area contributed by atoms with Crippen molar-refractivity contribution in [1.82, 2.24) is 10.3 Å². The molecule has 0 spiro atoms. The molecule has 2 heterocycles. The van der Waals surface area contributed by atoms with Crippen molar-refractivity contribution in [1.29, 1.82) is 0 Å². The molecule has 1 saturated heterocycles. The molecule has 0 radical (unpaired) electrons. The smallest absolute Gasteiger partial charge is 0.209 e. The van der Waals surface area contributed by atoms with Gasteiger partial charge in [-0.15, -0.1) is 0 Å². The van der Waals surface area contributed by atoms with Crippen LogP contribution in [0.25, 0.3) is 11.1 Å². The second kappa shape index (κ2) is 5.06. The van der Waals surface area contributed by atoms with E-state index < -0.39 is 9.84 Å². The number of rotatable bonds is 4. The summed E-state index contributed by atoms with van der Waals surface area (Å²) in [5.41, 5.74) is 1.35. The van der Waals surface area contributed by atoms with Crippen LogP contribution in [0.2, 0.25) is 0 Å². The molecule has 108 valence electrons. The Morgan fingerprint density at radius 3 is 3.05 bits per heavy atom. The third kappa shape index (κ3) is 2.64. The highest BCUT2D eigenvalue weighted by Gasteiger charge is 2.27. The lowest BCUT2D eigenvalue weighted by Crippen LogP contribution is -2.29. The maximum atomic E-state index is 11.4. The predicted molar refractivity (Wildman–Crippen MR) is 74.5 cm³/mol. The molecule has 1 unspecified atom stereocenters. The number of sulfone groups is 1. The largest absolute Gasteiger partial charge is 0.494 e. The summed E-state index contributed by atoms with van der Waals surface area (Å²) in [7, 11) is -1.28. The molecule has 1 fully saturated rings. The molecule has 0 bridgehead atoms. The third-order valence-electron chi connectivity index (χ3n) is 3.42. The van der Waals surface area contributed by atoms with Crippen LogP contribution in [-0.2, 0) is 16.4 Å². The fourth-order valence-electron chi connectivity index (χ4n) is 2.40. The van der Waals surface area contributed by atoms with Crippen LogP contribution in [-0.4, -0.2) is 38.1 Å². The Morgan fingerprint density at radius 1 is 1.50 bits per heavy atom. The standard InChI is InChI=1S/C13H16N2O4S/c1-18-10-3-2-4-11-13(10)15-12(19-11)7-14-9-5-6-20(16,17)8-9/h2-4,9,14H,5-8H2,1H3. The summed E-state index contributed by atoms with van der Waals surface area (Å²) in [4.78, 5) is 4.38. The minimum absolute atomic E-state index is 0.0168. The van der Waals surface area contributed by atoms with Gasteiger partial charge in [0.05, 0.1) is 25.2 Å². The number of hydrogen-bond acceptors (Lipinski definition) is 6. The van der Waals surface area contributed by atoms with Gasteiger partial charge in [-0.05, 0) is 18.6 Å². The van der Waals surface area contributed by atoms with Gasteiger partial charge >= 0.3 is 0 Å². The molecule has 1 atom stereocenters. The van der Waals surface area contributed by atoms with Crippen molar-refractivity contribution in [3.05, 3.63) is 24.1 Å². The molecule has 2 aromatic rings. The van der Waals surface area contributed by atoms with E-state index in [4.69, 9.17) is 9.15 Å². The highest BCUT2D eigenvalue weighted by atomic mass is 32.2. The van der Waals surface area contributed by atoms with E-state index in [1.807, 2.05) is 18.2 Å². The van der Waals surface area contributed by atoms with E-state index >= 15 is 0 Å². The Kier molecular flexibility index (Phi) is 3.39. The van der Waals surface area contributed by atoms with Gasteiger partial charge in [-0.25, -0.2) is 13.4 Å². The zero-order valence-corrected chi connectivity index (χ0v) is 11.9. The molecule has 3 rings (SSSR count). The number of oxazole rings is 1. The van der Waals surface area contributed by atoms with E-state index in [0.29, 0.717) is 35.7 Å². The second-order valence-corrected chi connectivity index (χ2v) is 7.12. The second-order valence-electron chi connectivity index (χ2n) is 4.90. The van der Waals surface area contributed by atoms with Gasteiger partial charge < -0.3 is 14.5 Å². The van der Waals surface area contributed by atoms with Crippen molar-refractivity contribution < 1.29 is 17.6 Å². The fraction of sp³-hybridized carbons (Fsp3) is 0.462. The number of aromatic nitrogens is 1. The van der Waals surface area contributed by atoms with Crippen molar-refractivity contribution in [3.8, 4) is 5.75 Å². The number of benzene rings is 1. The van der Waals surface area contributed by atoms with Crippen LogP contribution in [0.3, 0.4) is 0 Å². The summed E-state index contributed by atoms with van der Waals surface area (Å²) in [6, 6.07) is 5.48. The van der Waals surface area contributed by atoms with Crippen molar-refractivity contribution >= 4 is 20.9 Å². The first-order chi connectivity index (χ1) is 9.57. The SMILES string of the molecule is COc1cccc2oc(CNC3CCS(=O)(=O)C3)nc12. The van der Waals surface area contributed by atoms with Crippen LogP contribution >= 0.6 is 0 Å². The number of para-hydroxylation sites is 1.